The van der Waals surface area contributed by atoms with E-state index in [9.17, 15) is 31.9 Å². The van der Waals surface area contributed by atoms with Gasteiger partial charge in [0, 0.05) is 50.5 Å². The molecule has 2 heterocycles. The topological polar surface area (TPSA) is 67.6 Å². The van der Waals surface area contributed by atoms with Crippen LogP contribution in [0.1, 0.15) is 34.3 Å². The number of piperidine rings is 1. The Bertz CT molecular complexity index is 1140. The number of nitriles is 1. The van der Waals surface area contributed by atoms with Gasteiger partial charge in [-0.15, -0.1) is 0 Å². The molecule has 0 aliphatic carbocycles. The molecule has 1 unspecified atom stereocenters. The number of alkyl halides is 3. The molecule has 1 spiro atoms. The summed E-state index contributed by atoms with van der Waals surface area (Å²) in [5.74, 6) is -2.49. The Morgan fingerprint density at radius 1 is 1.15 bits per heavy atom. The summed E-state index contributed by atoms with van der Waals surface area (Å²) in [6.07, 6.45) is -3.71. The molecule has 2 fully saturated rings. The lowest BCUT2D eigenvalue weighted by Gasteiger charge is -2.42. The third kappa shape index (κ3) is 4.32. The van der Waals surface area contributed by atoms with E-state index in [1.54, 1.807) is 11.0 Å². The molecule has 10 heteroatoms. The van der Waals surface area contributed by atoms with Gasteiger partial charge in [-0.3, -0.25) is 4.79 Å². The summed E-state index contributed by atoms with van der Waals surface area (Å²) in [4.78, 5) is 16.0. The number of nitrogens with zero attached hydrogens (tertiary/aromatic N) is 3. The lowest BCUT2D eigenvalue weighted by molar-refractivity contribution is -0.137. The molecule has 5 nitrogen and oxygen atoms in total. The molecule has 0 radical (unpaired) electrons. The van der Waals surface area contributed by atoms with E-state index in [-0.39, 0.29) is 31.2 Å². The van der Waals surface area contributed by atoms with Crippen molar-refractivity contribution in [1.82, 2.24) is 4.90 Å². The maximum absolute atomic E-state index is 14.0. The molecular formula is C24H22F5N3O2. The molecule has 4 rings (SSSR count). The zero-order valence-electron chi connectivity index (χ0n) is 18.1. The summed E-state index contributed by atoms with van der Waals surface area (Å²) >= 11 is 0. The van der Waals surface area contributed by atoms with Gasteiger partial charge in [0.1, 0.15) is 11.6 Å². The number of rotatable bonds is 3. The molecule has 34 heavy (non-hydrogen) atoms. The minimum atomic E-state index is -4.67. The number of carbonyl (C=O) groups excluding carboxylic acids is 1. The van der Waals surface area contributed by atoms with Crippen LogP contribution >= 0.6 is 0 Å². The van der Waals surface area contributed by atoms with E-state index >= 15 is 0 Å². The van der Waals surface area contributed by atoms with Crippen molar-refractivity contribution in [3.63, 3.8) is 0 Å². The van der Waals surface area contributed by atoms with Gasteiger partial charge in [-0.05, 0) is 48.6 Å². The second kappa shape index (κ2) is 8.87. The fourth-order valence-electron chi connectivity index (χ4n) is 5.10. The number of carbonyl (C=O) groups is 1. The molecular weight excluding hydrogens is 457 g/mol. The van der Waals surface area contributed by atoms with Gasteiger partial charge in [0.25, 0.3) is 5.91 Å². The van der Waals surface area contributed by atoms with Gasteiger partial charge in [0.15, 0.2) is 0 Å². The average Bonchev–Trinajstić information content (AvgIpc) is 3.16. The summed E-state index contributed by atoms with van der Waals surface area (Å²) in [6.45, 7) is 1.11. The Labute approximate surface area is 193 Å². The highest BCUT2D eigenvalue weighted by molar-refractivity contribution is 5.94. The van der Waals surface area contributed by atoms with Crippen LogP contribution in [0.5, 0.6) is 0 Å². The second-order valence-corrected chi connectivity index (χ2v) is 8.88. The Kier molecular flexibility index (Phi) is 6.25. The molecule has 2 aliphatic heterocycles. The van der Waals surface area contributed by atoms with E-state index in [0.29, 0.717) is 37.7 Å². The van der Waals surface area contributed by atoms with Gasteiger partial charge in [0.05, 0.1) is 22.8 Å². The number of halogens is 5. The smallest absolute Gasteiger partial charge is 0.396 e. The van der Waals surface area contributed by atoms with Gasteiger partial charge in [0.2, 0.25) is 0 Å². The molecule has 2 aliphatic rings. The zero-order chi connectivity index (χ0) is 24.7. The molecule has 2 aromatic rings. The SMILES string of the molecule is N#Cc1ccc(N2CC(CO)C3(CCN(C(=O)c4ccc(F)cc4F)CC3)C2)cc1C(F)(F)F. The Morgan fingerprint density at radius 2 is 1.85 bits per heavy atom. The maximum Gasteiger partial charge on any atom is 0.417 e. The predicted octanol–water partition coefficient (Wildman–Crippen LogP) is 4.21. The summed E-state index contributed by atoms with van der Waals surface area (Å²) < 4.78 is 67.4. The number of amides is 1. The first-order valence-electron chi connectivity index (χ1n) is 10.8. The number of aliphatic hydroxyl groups is 1. The first-order valence-corrected chi connectivity index (χ1v) is 10.8. The van der Waals surface area contributed by atoms with Crippen LogP contribution in [0.4, 0.5) is 27.6 Å². The lowest BCUT2D eigenvalue weighted by atomic mass is 9.71. The van der Waals surface area contributed by atoms with Crippen molar-refractivity contribution in [3.05, 3.63) is 64.7 Å². The largest absolute Gasteiger partial charge is 0.417 e. The van der Waals surface area contributed by atoms with Crippen LogP contribution in [0, 0.1) is 34.3 Å². The number of hydrogen-bond acceptors (Lipinski definition) is 4. The number of benzene rings is 2. The highest BCUT2D eigenvalue weighted by Gasteiger charge is 2.48. The van der Waals surface area contributed by atoms with Crippen LogP contribution in [0.25, 0.3) is 0 Å². The Hall–Kier alpha value is -3.19. The minimum absolute atomic E-state index is 0.167. The van der Waals surface area contributed by atoms with Crippen LogP contribution in [0.3, 0.4) is 0 Å². The third-order valence-electron chi connectivity index (χ3n) is 7.04. The van der Waals surface area contributed by atoms with E-state index in [2.05, 4.69) is 0 Å². The Balaban J connectivity index is 1.52. The second-order valence-electron chi connectivity index (χ2n) is 8.88. The van der Waals surface area contributed by atoms with E-state index < -0.39 is 40.3 Å². The van der Waals surface area contributed by atoms with Crippen molar-refractivity contribution in [3.8, 4) is 6.07 Å². The lowest BCUT2D eigenvalue weighted by Crippen LogP contribution is -2.47. The molecule has 0 saturated carbocycles. The van der Waals surface area contributed by atoms with Crippen molar-refractivity contribution < 1.29 is 31.9 Å². The summed E-state index contributed by atoms with van der Waals surface area (Å²) in [5, 5.41) is 19.0. The van der Waals surface area contributed by atoms with E-state index in [1.165, 1.54) is 11.0 Å². The highest BCUT2D eigenvalue weighted by Crippen LogP contribution is 2.46. The fraction of sp³-hybridized carbons (Fsp3) is 0.417. The van der Waals surface area contributed by atoms with Gasteiger partial charge in [-0.25, -0.2) is 8.78 Å². The number of hydrogen-bond donors (Lipinski definition) is 1. The van der Waals surface area contributed by atoms with Crippen molar-refractivity contribution in [2.24, 2.45) is 11.3 Å². The molecule has 180 valence electrons. The molecule has 1 N–H and O–H groups in total. The van der Waals surface area contributed by atoms with E-state index in [0.717, 1.165) is 24.3 Å². The number of likely N-dealkylation sites (tertiary alicyclic amines) is 1. The van der Waals surface area contributed by atoms with Crippen molar-refractivity contribution in [2.45, 2.75) is 19.0 Å². The van der Waals surface area contributed by atoms with Crippen LogP contribution in [0.2, 0.25) is 0 Å². The van der Waals surface area contributed by atoms with Gasteiger partial charge in [-0.2, -0.15) is 18.4 Å². The molecule has 1 atom stereocenters. The molecule has 0 aromatic heterocycles. The van der Waals surface area contributed by atoms with Gasteiger partial charge >= 0.3 is 6.18 Å². The van der Waals surface area contributed by atoms with Crippen LogP contribution in [-0.4, -0.2) is 48.7 Å². The standard InChI is InChI=1S/C24H22F5N3O2/c25-17-2-4-19(21(26)9-17)22(34)31-7-5-23(6-8-31)14-32(12-16(23)13-33)18-3-1-15(11-30)20(10-18)24(27,28)29/h1-4,9-10,16,33H,5-8,12-14H2. The maximum atomic E-state index is 14.0. The minimum Gasteiger partial charge on any atom is -0.396 e. The van der Waals surface area contributed by atoms with Gasteiger partial charge in [-0.1, -0.05) is 0 Å². The van der Waals surface area contributed by atoms with Crippen molar-refractivity contribution in [1.29, 1.82) is 5.26 Å². The van der Waals surface area contributed by atoms with Crippen molar-refractivity contribution in [2.75, 3.05) is 37.7 Å². The molecule has 2 aromatic carbocycles. The molecule has 1 amide bonds. The van der Waals surface area contributed by atoms with E-state index in [1.807, 2.05) is 0 Å². The van der Waals surface area contributed by atoms with Gasteiger partial charge < -0.3 is 14.9 Å². The fourth-order valence-corrected chi connectivity index (χ4v) is 5.10. The summed E-state index contributed by atoms with van der Waals surface area (Å²) in [6, 6.07) is 7.93. The monoisotopic (exact) mass is 479 g/mol. The third-order valence-corrected chi connectivity index (χ3v) is 7.04. The van der Waals surface area contributed by atoms with Crippen LogP contribution < -0.4 is 4.90 Å². The molecule has 2 saturated heterocycles. The molecule has 0 bridgehead atoms. The predicted molar refractivity (Wildman–Crippen MR) is 113 cm³/mol. The summed E-state index contributed by atoms with van der Waals surface area (Å²) in [7, 11) is 0. The normalized spacial score (nSPS) is 20.0. The first-order chi connectivity index (χ1) is 16.1. The number of anilines is 1. The number of aliphatic hydroxyl groups excluding tert-OH is 1. The Morgan fingerprint density at radius 3 is 2.44 bits per heavy atom. The van der Waals surface area contributed by atoms with E-state index in [4.69, 9.17) is 5.26 Å². The first kappa shape index (κ1) is 24.0. The quantitative estimate of drug-likeness (QED) is 0.670. The van der Waals surface area contributed by atoms with Crippen LogP contribution in [0.15, 0.2) is 36.4 Å². The highest BCUT2D eigenvalue weighted by atomic mass is 19.4. The summed E-state index contributed by atoms with van der Waals surface area (Å²) in [5.41, 5.74) is -1.80. The zero-order valence-corrected chi connectivity index (χ0v) is 18.1. The van der Waals surface area contributed by atoms with Crippen molar-refractivity contribution >= 4 is 11.6 Å². The van der Waals surface area contributed by atoms with Crippen LogP contribution in [-0.2, 0) is 6.18 Å². The average molecular weight is 479 g/mol.